The van der Waals surface area contributed by atoms with Crippen LogP contribution in [0.4, 0.5) is 5.95 Å². The normalized spacial score (nSPS) is 15.2. The highest BCUT2D eigenvalue weighted by Crippen LogP contribution is 2.14. The smallest absolute Gasteiger partial charge is 0.341 e. The van der Waals surface area contributed by atoms with Crippen molar-refractivity contribution in [3.8, 4) is 0 Å². The molecule has 2 rings (SSSR count). The number of nitrogens with zero attached hydrogens (tertiary/aromatic N) is 3. The van der Waals surface area contributed by atoms with Gasteiger partial charge in [0.05, 0.1) is 25.6 Å². The Labute approximate surface area is 96.4 Å². The van der Waals surface area contributed by atoms with Crippen LogP contribution in [-0.4, -0.2) is 41.3 Å². The molecular weight excluding hydrogens is 226 g/mol. The molecule has 88 valence electrons. The van der Waals surface area contributed by atoms with E-state index in [9.17, 15) is 14.4 Å². The summed E-state index contributed by atoms with van der Waals surface area (Å²) in [6.45, 7) is -0.0175. The fraction of sp³-hybridized carbons (Fsp3) is 0.300. The highest BCUT2D eigenvalue weighted by molar-refractivity contribution is 6.14. The lowest BCUT2D eigenvalue weighted by Crippen LogP contribution is -2.26. The van der Waals surface area contributed by atoms with Gasteiger partial charge in [0.1, 0.15) is 0 Å². The molecule has 0 N–H and O–H groups in total. The first-order valence-electron chi connectivity index (χ1n) is 4.84. The van der Waals surface area contributed by atoms with E-state index in [1.54, 1.807) is 0 Å². The number of hydrogen-bond donors (Lipinski definition) is 0. The number of methoxy groups -OCH3 is 1. The summed E-state index contributed by atoms with van der Waals surface area (Å²) < 4.78 is 4.49. The van der Waals surface area contributed by atoms with Crippen molar-refractivity contribution >= 4 is 23.6 Å². The Kier molecular flexibility index (Phi) is 2.82. The second-order valence-corrected chi connectivity index (χ2v) is 3.46. The molecule has 1 fully saturated rings. The van der Waals surface area contributed by atoms with Crippen molar-refractivity contribution in [3.05, 3.63) is 18.0 Å². The summed E-state index contributed by atoms with van der Waals surface area (Å²) in [6.07, 6.45) is 2.39. The third-order valence-corrected chi connectivity index (χ3v) is 2.28. The van der Waals surface area contributed by atoms with E-state index in [0.717, 1.165) is 0 Å². The van der Waals surface area contributed by atoms with Gasteiger partial charge in [-0.3, -0.25) is 14.5 Å². The summed E-state index contributed by atoms with van der Waals surface area (Å²) in [5.41, 5.74) is 0.189. The summed E-state index contributed by atoms with van der Waals surface area (Å²) in [6, 6.07) is 0. The van der Waals surface area contributed by atoms with Crippen LogP contribution >= 0.6 is 0 Å². The van der Waals surface area contributed by atoms with E-state index in [-0.39, 0.29) is 36.2 Å². The van der Waals surface area contributed by atoms with Gasteiger partial charge in [0, 0.05) is 12.4 Å². The molecule has 0 aliphatic carbocycles. The SMILES string of the molecule is COC(=O)c1cnc(N2CC(=O)CC2=O)nc1. The van der Waals surface area contributed by atoms with E-state index in [0.29, 0.717) is 0 Å². The molecule has 1 saturated heterocycles. The zero-order valence-corrected chi connectivity index (χ0v) is 9.04. The zero-order valence-electron chi connectivity index (χ0n) is 9.04. The number of aromatic nitrogens is 2. The fourth-order valence-corrected chi connectivity index (χ4v) is 1.45. The average molecular weight is 235 g/mol. The lowest BCUT2D eigenvalue weighted by molar-refractivity contribution is -0.121. The minimum absolute atomic E-state index is 0.0175. The first kappa shape index (κ1) is 11.2. The van der Waals surface area contributed by atoms with Crippen LogP contribution in [0.25, 0.3) is 0 Å². The van der Waals surface area contributed by atoms with Crippen LogP contribution in [0.2, 0.25) is 0 Å². The van der Waals surface area contributed by atoms with Crippen LogP contribution in [-0.2, 0) is 14.3 Å². The van der Waals surface area contributed by atoms with Crippen molar-refractivity contribution in [2.75, 3.05) is 18.6 Å². The summed E-state index contributed by atoms with van der Waals surface area (Å²) in [5.74, 6) is -0.939. The van der Waals surface area contributed by atoms with Gasteiger partial charge in [-0.05, 0) is 0 Å². The second kappa shape index (κ2) is 4.28. The standard InChI is InChI=1S/C10H9N3O4/c1-17-9(16)6-3-11-10(12-4-6)13-5-7(14)2-8(13)15/h3-4H,2,5H2,1H3. The molecule has 0 unspecified atom stereocenters. The molecule has 0 saturated carbocycles. The minimum atomic E-state index is -0.555. The maximum absolute atomic E-state index is 11.4. The van der Waals surface area contributed by atoms with Crippen molar-refractivity contribution in [1.82, 2.24) is 9.97 Å². The van der Waals surface area contributed by atoms with Gasteiger partial charge < -0.3 is 4.74 Å². The monoisotopic (exact) mass is 235 g/mol. The molecule has 1 aliphatic heterocycles. The highest BCUT2D eigenvalue weighted by atomic mass is 16.5. The quantitative estimate of drug-likeness (QED) is 0.510. The Bertz CT molecular complexity index is 483. The van der Waals surface area contributed by atoms with Crippen LogP contribution in [0.1, 0.15) is 16.8 Å². The molecule has 1 amide bonds. The molecule has 0 spiro atoms. The lowest BCUT2D eigenvalue weighted by Gasteiger charge is -2.11. The Morgan fingerprint density at radius 2 is 2.00 bits per heavy atom. The largest absolute Gasteiger partial charge is 0.465 e. The molecule has 2 heterocycles. The maximum Gasteiger partial charge on any atom is 0.341 e. The van der Waals surface area contributed by atoms with Gasteiger partial charge in [0.15, 0.2) is 5.78 Å². The second-order valence-electron chi connectivity index (χ2n) is 3.46. The van der Waals surface area contributed by atoms with Crippen molar-refractivity contribution in [2.45, 2.75) is 6.42 Å². The highest BCUT2D eigenvalue weighted by Gasteiger charge is 2.30. The van der Waals surface area contributed by atoms with Crippen LogP contribution in [0.15, 0.2) is 12.4 Å². The van der Waals surface area contributed by atoms with Gasteiger partial charge in [-0.2, -0.15) is 0 Å². The molecule has 0 bridgehead atoms. The van der Waals surface area contributed by atoms with Gasteiger partial charge in [0.25, 0.3) is 0 Å². The molecule has 7 nitrogen and oxygen atoms in total. The number of esters is 1. The number of ketones is 1. The molecule has 1 aliphatic rings. The van der Waals surface area contributed by atoms with E-state index < -0.39 is 5.97 Å². The van der Waals surface area contributed by atoms with E-state index in [2.05, 4.69) is 14.7 Å². The maximum atomic E-state index is 11.4. The zero-order chi connectivity index (χ0) is 12.4. The number of hydrogen-bond acceptors (Lipinski definition) is 6. The number of carbonyl (C=O) groups is 3. The third-order valence-electron chi connectivity index (χ3n) is 2.28. The van der Waals surface area contributed by atoms with Gasteiger partial charge in [-0.1, -0.05) is 0 Å². The number of amides is 1. The number of rotatable bonds is 2. The first-order valence-corrected chi connectivity index (χ1v) is 4.84. The Morgan fingerprint density at radius 1 is 1.35 bits per heavy atom. The molecule has 7 heteroatoms. The number of anilines is 1. The Morgan fingerprint density at radius 3 is 2.47 bits per heavy atom. The summed E-state index contributed by atoms with van der Waals surface area (Å²) in [5, 5.41) is 0. The molecule has 17 heavy (non-hydrogen) atoms. The topological polar surface area (TPSA) is 89.5 Å². The van der Waals surface area contributed by atoms with E-state index in [1.165, 1.54) is 24.4 Å². The van der Waals surface area contributed by atoms with Gasteiger partial charge in [-0.25, -0.2) is 14.8 Å². The molecule has 0 atom stereocenters. The van der Waals surface area contributed by atoms with Crippen LogP contribution in [0.5, 0.6) is 0 Å². The van der Waals surface area contributed by atoms with Gasteiger partial charge >= 0.3 is 5.97 Å². The molecule has 0 radical (unpaired) electrons. The average Bonchev–Trinajstić information content (AvgIpc) is 2.68. The van der Waals surface area contributed by atoms with Gasteiger partial charge in [-0.15, -0.1) is 0 Å². The molecule has 1 aromatic heterocycles. The van der Waals surface area contributed by atoms with Crippen molar-refractivity contribution in [2.24, 2.45) is 0 Å². The van der Waals surface area contributed by atoms with Crippen molar-refractivity contribution in [1.29, 1.82) is 0 Å². The van der Waals surface area contributed by atoms with Crippen molar-refractivity contribution < 1.29 is 19.1 Å². The predicted octanol–water partition coefficient (Wildman–Crippen LogP) is -0.431. The van der Waals surface area contributed by atoms with E-state index in [1.807, 2.05) is 0 Å². The Balaban J connectivity index is 2.21. The minimum Gasteiger partial charge on any atom is -0.465 e. The first-order chi connectivity index (χ1) is 8.11. The molecule has 1 aromatic rings. The summed E-state index contributed by atoms with van der Waals surface area (Å²) in [7, 11) is 1.25. The number of Topliss-reactive ketones (excluding diaryl/α,β-unsaturated/α-hetero) is 1. The fourth-order valence-electron chi connectivity index (χ4n) is 1.45. The molecule has 0 aromatic carbocycles. The van der Waals surface area contributed by atoms with Crippen molar-refractivity contribution in [3.63, 3.8) is 0 Å². The third kappa shape index (κ3) is 2.12. The van der Waals surface area contributed by atoms with Crippen LogP contribution in [0.3, 0.4) is 0 Å². The predicted molar refractivity (Wildman–Crippen MR) is 55.3 cm³/mol. The summed E-state index contributed by atoms with van der Waals surface area (Å²) in [4.78, 5) is 42.5. The summed E-state index contributed by atoms with van der Waals surface area (Å²) >= 11 is 0. The van der Waals surface area contributed by atoms with Crippen LogP contribution in [0, 0.1) is 0 Å². The van der Waals surface area contributed by atoms with E-state index in [4.69, 9.17) is 0 Å². The van der Waals surface area contributed by atoms with Crippen LogP contribution < -0.4 is 4.90 Å². The Hall–Kier alpha value is -2.31. The lowest BCUT2D eigenvalue weighted by atomic mass is 10.3. The molecular formula is C10H9N3O4. The van der Waals surface area contributed by atoms with Gasteiger partial charge in [0.2, 0.25) is 11.9 Å². The number of ether oxygens (including phenoxy) is 1. The number of carbonyl (C=O) groups excluding carboxylic acids is 3. The van der Waals surface area contributed by atoms with E-state index >= 15 is 0 Å².